The topological polar surface area (TPSA) is 0 Å². The van der Waals surface area contributed by atoms with Gasteiger partial charge < -0.3 is 0 Å². The van der Waals surface area contributed by atoms with Crippen molar-refractivity contribution in [1.29, 1.82) is 0 Å². The van der Waals surface area contributed by atoms with Crippen molar-refractivity contribution in [1.82, 2.24) is 0 Å². The maximum Gasteiger partial charge on any atom is -0.0119 e. The highest BCUT2D eigenvalue weighted by Crippen LogP contribution is 2.41. The van der Waals surface area contributed by atoms with Crippen LogP contribution in [0.5, 0.6) is 0 Å². The molecule has 0 heterocycles. The highest BCUT2D eigenvalue weighted by atomic mass is 14.4. The Bertz CT molecular complexity index is 215. The molecule has 74 valence electrons. The first kappa shape index (κ1) is 10.6. The van der Waals surface area contributed by atoms with E-state index in [2.05, 4.69) is 46.4 Å². The van der Waals surface area contributed by atoms with Crippen LogP contribution in [0.4, 0.5) is 0 Å². The minimum atomic E-state index is 0.376. The smallest absolute Gasteiger partial charge is 0.0119 e. The fraction of sp³-hybridized carbons (Fsp3) is 0.692. The van der Waals surface area contributed by atoms with Gasteiger partial charge in [0.25, 0.3) is 0 Å². The second-order valence-corrected chi connectivity index (χ2v) is 5.35. The summed E-state index contributed by atoms with van der Waals surface area (Å²) in [6, 6.07) is 0. The third-order valence-corrected chi connectivity index (χ3v) is 3.05. The highest BCUT2D eigenvalue weighted by Gasteiger charge is 2.31. The number of allylic oxidation sites excluding steroid dienone is 3. The van der Waals surface area contributed by atoms with Gasteiger partial charge in [-0.2, -0.15) is 0 Å². The van der Waals surface area contributed by atoms with E-state index in [0.717, 1.165) is 0 Å². The summed E-state index contributed by atoms with van der Waals surface area (Å²) < 4.78 is 0. The number of hydrogen-bond donors (Lipinski definition) is 0. The van der Waals surface area contributed by atoms with E-state index < -0.39 is 0 Å². The Hall–Kier alpha value is -0.520. The highest BCUT2D eigenvalue weighted by molar-refractivity contribution is 5.11. The minimum Gasteiger partial charge on any atom is -0.0998 e. The van der Waals surface area contributed by atoms with Crippen LogP contribution in [0.15, 0.2) is 24.3 Å². The van der Waals surface area contributed by atoms with Crippen LogP contribution in [0, 0.1) is 17.3 Å². The van der Waals surface area contributed by atoms with Gasteiger partial charge in [-0.25, -0.2) is 0 Å². The van der Waals surface area contributed by atoms with Gasteiger partial charge in [-0.15, -0.1) is 0 Å². The molecule has 0 radical (unpaired) electrons. The molecule has 0 saturated heterocycles. The Morgan fingerprint density at radius 1 is 1.38 bits per heavy atom. The predicted molar refractivity (Wildman–Crippen MR) is 59.6 cm³/mol. The molecule has 0 amide bonds. The molecule has 0 N–H and O–H groups in total. The van der Waals surface area contributed by atoms with Crippen LogP contribution in [-0.4, -0.2) is 0 Å². The molecule has 2 atom stereocenters. The lowest BCUT2D eigenvalue weighted by Gasteiger charge is -2.37. The third-order valence-electron chi connectivity index (χ3n) is 3.05. The van der Waals surface area contributed by atoms with Gasteiger partial charge in [0.05, 0.1) is 0 Å². The standard InChI is InChI=1S/C13H22/c1-10(2)11-8-6-7-9-12(11)13(3,4)5/h7,9,11-12H,1,6,8H2,2-5H3/t11-,12?/m0/s1. The first-order valence-electron chi connectivity index (χ1n) is 5.25. The Morgan fingerprint density at radius 2 is 2.00 bits per heavy atom. The predicted octanol–water partition coefficient (Wildman–Crippen LogP) is 4.19. The molecule has 13 heavy (non-hydrogen) atoms. The number of rotatable bonds is 1. The second-order valence-electron chi connectivity index (χ2n) is 5.35. The summed E-state index contributed by atoms with van der Waals surface area (Å²) >= 11 is 0. The van der Waals surface area contributed by atoms with Gasteiger partial charge in [0.2, 0.25) is 0 Å². The number of hydrogen-bond acceptors (Lipinski definition) is 0. The van der Waals surface area contributed by atoms with E-state index in [1.807, 2.05) is 0 Å². The van der Waals surface area contributed by atoms with Gasteiger partial charge in [-0.1, -0.05) is 45.1 Å². The van der Waals surface area contributed by atoms with Gasteiger partial charge in [-0.3, -0.25) is 0 Å². The average Bonchev–Trinajstić information content (AvgIpc) is 2.03. The first-order chi connectivity index (χ1) is 5.93. The SMILES string of the molecule is C=C(C)[C@@H]1CCC=CC1C(C)(C)C. The fourth-order valence-electron chi connectivity index (χ4n) is 2.28. The van der Waals surface area contributed by atoms with Crippen LogP contribution < -0.4 is 0 Å². The lowest BCUT2D eigenvalue weighted by Crippen LogP contribution is -2.28. The molecule has 0 nitrogen and oxygen atoms in total. The molecule has 0 aromatic rings. The summed E-state index contributed by atoms with van der Waals surface area (Å²) in [5.74, 6) is 1.38. The van der Waals surface area contributed by atoms with Crippen LogP contribution in [-0.2, 0) is 0 Å². The summed E-state index contributed by atoms with van der Waals surface area (Å²) in [6.45, 7) is 13.2. The maximum atomic E-state index is 4.11. The van der Waals surface area contributed by atoms with Crippen LogP contribution >= 0.6 is 0 Å². The normalized spacial score (nSPS) is 28.9. The van der Waals surface area contributed by atoms with Gasteiger partial charge >= 0.3 is 0 Å². The van der Waals surface area contributed by atoms with Crippen LogP contribution in [0.1, 0.15) is 40.5 Å². The lowest BCUT2D eigenvalue weighted by molar-refractivity contribution is 0.213. The zero-order valence-corrected chi connectivity index (χ0v) is 9.43. The van der Waals surface area contributed by atoms with Crippen molar-refractivity contribution in [2.45, 2.75) is 40.5 Å². The van der Waals surface area contributed by atoms with Crippen LogP contribution in [0.25, 0.3) is 0 Å². The van der Waals surface area contributed by atoms with E-state index in [-0.39, 0.29) is 0 Å². The summed E-state index contributed by atoms with van der Waals surface area (Å²) in [6.07, 6.45) is 7.23. The largest absolute Gasteiger partial charge is 0.0998 e. The fourth-order valence-corrected chi connectivity index (χ4v) is 2.28. The van der Waals surface area contributed by atoms with E-state index in [9.17, 15) is 0 Å². The molecule has 1 unspecified atom stereocenters. The Balaban J connectivity index is 2.84. The van der Waals surface area contributed by atoms with Gasteiger partial charge in [0, 0.05) is 0 Å². The van der Waals surface area contributed by atoms with E-state index in [4.69, 9.17) is 0 Å². The van der Waals surface area contributed by atoms with Crippen molar-refractivity contribution in [3.8, 4) is 0 Å². The third kappa shape index (κ3) is 2.46. The summed E-state index contributed by atoms with van der Waals surface area (Å²) in [7, 11) is 0. The Kier molecular flexibility index (Phi) is 3.00. The molecule has 0 spiro atoms. The summed E-state index contributed by atoms with van der Waals surface area (Å²) in [5, 5.41) is 0. The van der Waals surface area contributed by atoms with E-state index >= 15 is 0 Å². The maximum absolute atomic E-state index is 4.11. The summed E-state index contributed by atoms with van der Waals surface area (Å²) in [5.41, 5.74) is 1.73. The van der Waals surface area contributed by atoms with Gasteiger partial charge in [-0.05, 0) is 37.0 Å². The molecule has 0 bridgehead atoms. The lowest BCUT2D eigenvalue weighted by atomic mass is 9.67. The molecular formula is C13H22. The van der Waals surface area contributed by atoms with Crippen molar-refractivity contribution >= 4 is 0 Å². The molecular weight excluding hydrogens is 156 g/mol. The van der Waals surface area contributed by atoms with E-state index in [1.165, 1.54) is 18.4 Å². The van der Waals surface area contributed by atoms with Crippen LogP contribution in [0.3, 0.4) is 0 Å². The van der Waals surface area contributed by atoms with E-state index in [0.29, 0.717) is 17.3 Å². The Morgan fingerprint density at radius 3 is 2.38 bits per heavy atom. The molecule has 0 heteroatoms. The van der Waals surface area contributed by atoms with Gasteiger partial charge in [0.1, 0.15) is 0 Å². The molecule has 1 aliphatic carbocycles. The molecule has 0 aromatic heterocycles. The molecule has 0 aliphatic heterocycles. The van der Waals surface area contributed by atoms with Crippen molar-refractivity contribution in [2.75, 3.05) is 0 Å². The summed E-state index contributed by atoms with van der Waals surface area (Å²) in [4.78, 5) is 0. The zero-order chi connectivity index (χ0) is 10.1. The zero-order valence-electron chi connectivity index (χ0n) is 9.43. The monoisotopic (exact) mass is 178 g/mol. The van der Waals surface area contributed by atoms with Crippen molar-refractivity contribution < 1.29 is 0 Å². The van der Waals surface area contributed by atoms with Crippen molar-refractivity contribution in [3.05, 3.63) is 24.3 Å². The molecule has 0 aromatic carbocycles. The second kappa shape index (κ2) is 3.69. The van der Waals surface area contributed by atoms with Crippen LogP contribution in [0.2, 0.25) is 0 Å². The van der Waals surface area contributed by atoms with Gasteiger partial charge in [0.15, 0.2) is 0 Å². The Labute approximate surface area is 82.7 Å². The molecule has 1 rings (SSSR count). The quantitative estimate of drug-likeness (QED) is 0.528. The minimum absolute atomic E-state index is 0.376. The molecule has 0 fully saturated rings. The molecule has 1 aliphatic rings. The molecule has 0 saturated carbocycles. The van der Waals surface area contributed by atoms with E-state index in [1.54, 1.807) is 0 Å². The van der Waals surface area contributed by atoms with Crippen molar-refractivity contribution in [3.63, 3.8) is 0 Å². The first-order valence-corrected chi connectivity index (χ1v) is 5.25. The van der Waals surface area contributed by atoms with Crippen molar-refractivity contribution in [2.24, 2.45) is 17.3 Å². The average molecular weight is 178 g/mol.